The summed E-state index contributed by atoms with van der Waals surface area (Å²) < 4.78 is 18.5. The molecule has 0 saturated carbocycles. The Morgan fingerprint density at radius 3 is 2.57 bits per heavy atom. The third-order valence-corrected chi connectivity index (χ3v) is 4.08. The largest absolute Gasteiger partial charge is 0.492 e. The standard InChI is InChI=1S/C19H20FNO2/c20-17-8-5-15(6-9-17)19(22)21-11-12-23-18-10-7-14-3-1-2-4-16(14)13-18/h5-10,13H,1-4,11-12H2,(H,21,22). The zero-order valence-electron chi connectivity index (χ0n) is 13.0. The van der Waals surface area contributed by atoms with Gasteiger partial charge in [0.2, 0.25) is 0 Å². The van der Waals surface area contributed by atoms with Gasteiger partial charge in [0.1, 0.15) is 18.2 Å². The molecule has 0 radical (unpaired) electrons. The van der Waals surface area contributed by atoms with E-state index in [4.69, 9.17) is 4.74 Å². The molecule has 2 aromatic rings. The summed E-state index contributed by atoms with van der Waals surface area (Å²) in [5, 5.41) is 2.76. The molecule has 23 heavy (non-hydrogen) atoms. The van der Waals surface area contributed by atoms with Crippen molar-refractivity contribution in [1.29, 1.82) is 0 Å². The van der Waals surface area contributed by atoms with Crippen LogP contribution >= 0.6 is 0 Å². The van der Waals surface area contributed by atoms with E-state index in [1.54, 1.807) is 0 Å². The molecule has 0 unspecified atom stereocenters. The van der Waals surface area contributed by atoms with Gasteiger partial charge in [-0.1, -0.05) is 6.07 Å². The smallest absolute Gasteiger partial charge is 0.251 e. The zero-order valence-corrected chi connectivity index (χ0v) is 13.0. The molecule has 3 nitrogen and oxygen atoms in total. The predicted molar refractivity (Wildman–Crippen MR) is 87.3 cm³/mol. The Hall–Kier alpha value is -2.36. The van der Waals surface area contributed by atoms with E-state index in [1.807, 2.05) is 6.07 Å². The minimum Gasteiger partial charge on any atom is -0.492 e. The summed E-state index contributed by atoms with van der Waals surface area (Å²) in [7, 11) is 0. The van der Waals surface area contributed by atoms with Crippen LogP contribution in [0.1, 0.15) is 34.3 Å². The van der Waals surface area contributed by atoms with Crippen molar-refractivity contribution in [2.75, 3.05) is 13.2 Å². The second kappa shape index (κ2) is 7.27. The highest BCUT2D eigenvalue weighted by molar-refractivity contribution is 5.94. The third kappa shape index (κ3) is 4.09. The summed E-state index contributed by atoms with van der Waals surface area (Å²) >= 11 is 0. The summed E-state index contributed by atoms with van der Waals surface area (Å²) in [6, 6.07) is 11.7. The molecule has 0 atom stereocenters. The van der Waals surface area contributed by atoms with E-state index >= 15 is 0 Å². The van der Waals surface area contributed by atoms with Crippen LogP contribution in [0.2, 0.25) is 0 Å². The van der Waals surface area contributed by atoms with Crippen LogP contribution < -0.4 is 10.1 Å². The van der Waals surface area contributed by atoms with Gasteiger partial charge in [0.05, 0.1) is 6.54 Å². The van der Waals surface area contributed by atoms with Gasteiger partial charge < -0.3 is 10.1 Å². The first-order valence-electron chi connectivity index (χ1n) is 8.01. The Kier molecular flexibility index (Phi) is 4.91. The number of rotatable bonds is 5. The second-order valence-electron chi connectivity index (χ2n) is 5.75. The lowest BCUT2D eigenvalue weighted by molar-refractivity contribution is 0.0947. The molecule has 0 aliphatic heterocycles. The highest BCUT2D eigenvalue weighted by Gasteiger charge is 2.10. The van der Waals surface area contributed by atoms with Crippen LogP contribution in [0.3, 0.4) is 0 Å². The van der Waals surface area contributed by atoms with E-state index in [9.17, 15) is 9.18 Å². The van der Waals surface area contributed by atoms with E-state index in [0.29, 0.717) is 18.7 Å². The first-order valence-corrected chi connectivity index (χ1v) is 8.01. The van der Waals surface area contributed by atoms with Crippen LogP contribution in [0, 0.1) is 5.82 Å². The van der Waals surface area contributed by atoms with E-state index in [0.717, 1.165) is 18.6 Å². The molecule has 1 amide bonds. The highest BCUT2D eigenvalue weighted by atomic mass is 19.1. The molecule has 0 bridgehead atoms. The fourth-order valence-corrected chi connectivity index (χ4v) is 2.84. The van der Waals surface area contributed by atoms with Crippen LogP contribution in [0.15, 0.2) is 42.5 Å². The zero-order chi connectivity index (χ0) is 16.1. The molecule has 1 aliphatic carbocycles. The van der Waals surface area contributed by atoms with Crippen molar-refractivity contribution in [3.8, 4) is 5.75 Å². The van der Waals surface area contributed by atoms with Crippen molar-refractivity contribution in [2.24, 2.45) is 0 Å². The van der Waals surface area contributed by atoms with Crippen LogP contribution in [-0.4, -0.2) is 19.1 Å². The molecule has 0 spiro atoms. The van der Waals surface area contributed by atoms with E-state index in [2.05, 4.69) is 17.4 Å². The van der Waals surface area contributed by atoms with Crippen LogP contribution in [-0.2, 0) is 12.8 Å². The molecule has 0 saturated heterocycles. The van der Waals surface area contributed by atoms with Crippen LogP contribution in [0.25, 0.3) is 0 Å². The Morgan fingerprint density at radius 1 is 1.04 bits per heavy atom. The van der Waals surface area contributed by atoms with Crippen molar-refractivity contribution in [1.82, 2.24) is 5.32 Å². The molecule has 120 valence electrons. The second-order valence-corrected chi connectivity index (χ2v) is 5.75. The number of aryl methyl sites for hydroxylation is 2. The Morgan fingerprint density at radius 2 is 1.78 bits per heavy atom. The van der Waals surface area contributed by atoms with Crippen LogP contribution in [0.4, 0.5) is 4.39 Å². The van der Waals surface area contributed by atoms with Crippen molar-refractivity contribution < 1.29 is 13.9 Å². The van der Waals surface area contributed by atoms with Crippen molar-refractivity contribution in [2.45, 2.75) is 25.7 Å². The molecule has 3 rings (SSSR count). The summed E-state index contributed by atoms with van der Waals surface area (Å²) in [6.07, 6.45) is 4.78. The first-order chi connectivity index (χ1) is 11.2. The van der Waals surface area contributed by atoms with Gasteiger partial charge in [-0.2, -0.15) is 0 Å². The fourth-order valence-electron chi connectivity index (χ4n) is 2.84. The number of carbonyl (C=O) groups excluding carboxylic acids is 1. The number of carbonyl (C=O) groups is 1. The lowest BCUT2D eigenvalue weighted by atomic mass is 9.92. The molecular formula is C19H20FNO2. The molecular weight excluding hydrogens is 293 g/mol. The molecule has 0 aromatic heterocycles. The number of amides is 1. The van der Waals surface area contributed by atoms with Gasteiger partial charge in [-0.05, 0) is 73.2 Å². The molecule has 4 heteroatoms. The van der Waals surface area contributed by atoms with Crippen molar-refractivity contribution in [3.63, 3.8) is 0 Å². The van der Waals surface area contributed by atoms with Crippen LogP contribution in [0.5, 0.6) is 5.75 Å². The highest BCUT2D eigenvalue weighted by Crippen LogP contribution is 2.25. The molecule has 1 N–H and O–H groups in total. The SMILES string of the molecule is O=C(NCCOc1ccc2c(c1)CCCC2)c1ccc(F)cc1. The third-order valence-electron chi connectivity index (χ3n) is 4.08. The maximum absolute atomic E-state index is 12.8. The van der Waals surface area contributed by atoms with E-state index in [1.165, 1.54) is 48.2 Å². The average molecular weight is 313 g/mol. The van der Waals surface area contributed by atoms with E-state index in [-0.39, 0.29) is 11.7 Å². The summed E-state index contributed by atoms with van der Waals surface area (Å²) in [4.78, 5) is 11.9. The van der Waals surface area contributed by atoms with Gasteiger partial charge in [-0.15, -0.1) is 0 Å². The minimum absolute atomic E-state index is 0.223. The number of ether oxygens (including phenoxy) is 1. The lowest BCUT2D eigenvalue weighted by Crippen LogP contribution is -2.28. The normalized spacial score (nSPS) is 13.3. The molecule has 1 aliphatic rings. The summed E-state index contributed by atoms with van der Waals surface area (Å²) in [6.45, 7) is 0.818. The number of hydrogen-bond acceptors (Lipinski definition) is 2. The summed E-state index contributed by atoms with van der Waals surface area (Å²) in [5.41, 5.74) is 3.25. The Balaban J connectivity index is 1.46. The number of nitrogens with one attached hydrogen (secondary N) is 1. The molecule has 0 heterocycles. The van der Waals surface area contributed by atoms with Gasteiger partial charge in [0, 0.05) is 5.56 Å². The van der Waals surface area contributed by atoms with E-state index < -0.39 is 0 Å². The number of halogens is 1. The quantitative estimate of drug-likeness (QED) is 0.858. The topological polar surface area (TPSA) is 38.3 Å². The van der Waals surface area contributed by atoms with Gasteiger partial charge in [-0.25, -0.2) is 4.39 Å². The number of fused-ring (bicyclic) bond motifs is 1. The number of benzene rings is 2. The molecule has 0 fully saturated rings. The van der Waals surface area contributed by atoms with Crippen molar-refractivity contribution >= 4 is 5.91 Å². The monoisotopic (exact) mass is 313 g/mol. The van der Waals surface area contributed by atoms with Gasteiger partial charge in [-0.3, -0.25) is 4.79 Å². The Labute approximate surface area is 135 Å². The minimum atomic E-state index is -0.350. The van der Waals surface area contributed by atoms with Gasteiger partial charge in [0.15, 0.2) is 0 Å². The number of hydrogen-bond donors (Lipinski definition) is 1. The van der Waals surface area contributed by atoms with Crippen molar-refractivity contribution in [3.05, 3.63) is 65.0 Å². The first kappa shape index (κ1) is 15.5. The van der Waals surface area contributed by atoms with Gasteiger partial charge in [0.25, 0.3) is 5.91 Å². The Bertz CT molecular complexity index is 682. The fraction of sp³-hybridized carbons (Fsp3) is 0.316. The average Bonchev–Trinajstić information content (AvgIpc) is 2.59. The van der Waals surface area contributed by atoms with Gasteiger partial charge >= 0.3 is 0 Å². The maximum Gasteiger partial charge on any atom is 0.251 e. The molecule has 2 aromatic carbocycles. The predicted octanol–water partition coefficient (Wildman–Crippen LogP) is 3.51. The lowest BCUT2D eigenvalue weighted by Gasteiger charge is -2.16. The maximum atomic E-state index is 12.8. The summed E-state index contributed by atoms with van der Waals surface area (Å²) in [5.74, 6) is 0.276.